The Balaban J connectivity index is 1.88. The minimum Gasteiger partial charge on any atom is -0.198 e. The zero-order valence-electron chi connectivity index (χ0n) is 14.3. The highest BCUT2D eigenvalue weighted by molar-refractivity contribution is 5.84. The number of benzene rings is 1. The van der Waals surface area contributed by atoms with Gasteiger partial charge in [0.15, 0.2) is 25.5 Å². The molecule has 3 aromatic rings. The fourth-order valence-corrected chi connectivity index (χ4v) is 4.26. The Labute approximate surface area is 143 Å². The van der Waals surface area contributed by atoms with E-state index in [1.54, 1.807) is 0 Å². The number of hydrogen-bond acceptors (Lipinski definition) is 0. The van der Waals surface area contributed by atoms with Gasteiger partial charge in [-0.3, -0.25) is 0 Å². The van der Waals surface area contributed by atoms with Crippen LogP contribution in [-0.4, -0.2) is 0 Å². The van der Waals surface area contributed by atoms with E-state index < -0.39 is 0 Å². The van der Waals surface area contributed by atoms with Gasteiger partial charge in [0.2, 0.25) is 11.4 Å². The van der Waals surface area contributed by atoms with Gasteiger partial charge in [-0.25, -0.2) is 0 Å². The molecule has 2 aliphatic heterocycles. The van der Waals surface area contributed by atoms with E-state index in [0.29, 0.717) is 0 Å². The van der Waals surface area contributed by atoms with Gasteiger partial charge >= 0.3 is 0 Å². The van der Waals surface area contributed by atoms with Gasteiger partial charge in [0.1, 0.15) is 0 Å². The number of rotatable bonds is 0. The molecule has 2 aromatic heterocycles. The number of aromatic nitrogens is 2. The lowest BCUT2D eigenvalue weighted by Crippen LogP contribution is -2.43. The molecule has 2 aliphatic rings. The van der Waals surface area contributed by atoms with Gasteiger partial charge in [0, 0.05) is 37.1 Å². The van der Waals surface area contributed by atoms with E-state index in [0.717, 1.165) is 25.9 Å². The summed E-state index contributed by atoms with van der Waals surface area (Å²) in [5.41, 5.74) is 11.3. The standard InChI is InChI=1S/C22H22N2/c1-15-5-9-23-11-7-17-3-4-18-8-12-24-10-6-16(2)14-20(24)22(18)21(17)19(23)13-15/h3-6,9-10,13-14H,7-8,11-12H2,1-2H3/q+2. The topological polar surface area (TPSA) is 7.76 Å². The first-order chi connectivity index (χ1) is 11.7. The van der Waals surface area contributed by atoms with Crippen LogP contribution in [0.5, 0.6) is 0 Å². The van der Waals surface area contributed by atoms with Crippen LogP contribution < -0.4 is 9.13 Å². The van der Waals surface area contributed by atoms with Gasteiger partial charge in [0.25, 0.3) is 0 Å². The maximum Gasteiger partial charge on any atom is 0.213 e. The second-order valence-electron chi connectivity index (χ2n) is 7.20. The molecule has 0 aliphatic carbocycles. The molecule has 0 radical (unpaired) electrons. The van der Waals surface area contributed by atoms with E-state index in [4.69, 9.17) is 0 Å². The van der Waals surface area contributed by atoms with Crippen molar-refractivity contribution in [2.45, 2.75) is 39.8 Å². The van der Waals surface area contributed by atoms with Gasteiger partial charge in [-0.05, 0) is 36.1 Å². The van der Waals surface area contributed by atoms with Crippen LogP contribution in [0.3, 0.4) is 0 Å². The van der Waals surface area contributed by atoms with Crippen molar-refractivity contribution in [1.29, 1.82) is 0 Å². The first kappa shape index (κ1) is 13.9. The van der Waals surface area contributed by atoms with Gasteiger partial charge in [-0.2, -0.15) is 9.13 Å². The first-order valence-electron chi connectivity index (χ1n) is 8.86. The molecule has 0 spiro atoms. The molecule has 0 saturated heterocycles. The molecular formula is C22H22N2+2. The van der Waals surface area contributed by atoms with Crippen LogP contribution in [-0.2, 0) is 25.9 Å². The Morgan fingerprint density at radius 1 is 0.667 bits per heavy atom. The summed E-state index contributed by atoms with van der Waals surface area (Å²) in [6.07, 6.45) is 6.74. The number of pyridine rings is 2. The summed E-state index contributed by atoms with van der Waals surface area (Å²) in [6, 6.07) is 13.9. The Kier molecular flexibility index (Phi) is 2.90. The zero-order valence-corrected chi connectivity index (χ0v) is 14.3. The van der Waals surface area contributed by atoms with Crippen molar-refractivity contribution in [2.75, 3.05) is 0 Å². The van der Waals surface area contributed by atoms with Crippen LogP contribution in [0.2, 0.25) is 0 Å². The molecule has 1 aromatic carbocycles. The molecule has 0 saturated carbocycles. The molecule has 0 fully saturated rings. The van der Waals surface area contributed by atoms with Crippen molar-refractivity contribution >= 4 is 0 Å². The molecule has 0 bridgehead atoms. The Hall–Kier alpha value is -2.48. The summed E-state index contributed by atoms with van der Waals surface area (Å²) in [5, 5.41) is 0. The number of nitrogens with zero attached hydrogens (tertiary/aromatic N) is 2. The fourth-order valence-electron chi connectivity index (χ4n) is 4.26. The number of aryl methyl sites for hydroxylation is 6. The largest absolute Gasteiger partial charge is 0.213 e. The summed E-state index contributed by atoms with van der Waals surface area (Å²) in [7, 11) is 0. The van der Waals surface area contributed by atoms with Gasteiger partial charge in [-0.15, -0.1) is 0 Å². The average molecular weight is 314 g/mol. The van der Waals surface area contributed by atoms with E-state index >= 15 is 0 Å². The quantitative estimate of drug-likeness (QED) is 0.562. The predicted octanol–water partition coefficient (Wildman–Crippen LogP) is 3.32. The van der Waals surface area contributed by atoms with Crippen LogP contribution in [0, 0.1) is 13.8 Å². The van der Waals surface area contributed by atoms with Crippen molar-refractivity contribution in [3.63, 3.8) is 0 Å². The molecule has 118 valence electrons. The fraction of sp³-hybridized carbons (Fsp3) is 0.273. The summed E-state index contributed by atoms with van der Waals surface area (Å²) < 4.78 is 4.84. The summed E-state index contributed by atoms with van der Waals surface area (Å²) >= 11 is 0. The van der Waals surface area contributed by atoms with Crippen LogP contribution in [0.25, 0.3) is 22.5 Å². The summed E-state index contributed by atoms with van der Waals surface area (Å²) in [6.45, 7) is 6.54. The second kappa shape index (κ2) is 5.01. The van der Waals surface area contributed by atoms with Gasteiger partial charge in [0.05, 0.1) is 11.1 Å². The van der Waals surface area contributed by atoms with Crippen molar-refractivity contribution in [3.05, 3.63) is 71.0 Å². The maximum absolute atomic E-state index is 2.42. The monoisotopic (exact) mass is 314 g/mol. The SMILES string of the molecule is Cc1cc[n+]2c(c1)-c1c(ccc3c1-c1cc(C)cc[n+]1CC3)CC2. The van der Waals surface area contributed by atoms with Crippen molar-refractivity contribution in [1.82, 2.24) is 0 Å². The lowest BCUT2D eigenvalue weighted by molar-refractivity contribution is -0.689. The molecule has 5 rings (SSSR count). The third kappa shape index (κ3) is 1.96. The van der Waals surface area contributed by atoms with E-state index in [1.807, 2.05) is 0 Å². The van der Waals surface area contributed by atoms with Crippen LogP contribution >= 0.6 is 0 Å². The average Bonchev–Trinajstić information content (AvgIpc) is 2.60. The zero-order chi connectivity index (χ0) is 16.3. The highest BCUT2D eigenvalue weighted by atomic mass is 15.0. The van der Waals surface area contributed by atoms with Crippen LogP contribution in [0.1, 0.15) is 22.3 Å². The van der Waals surface area contributed by atoms with Crippen molar-refractivity contribution in [3.8, 4) is 22.5 Å². The predicted molar refractivity (Wildman–Crippen MR) is 94.6 cm³/mol. The van der Waals surface area contributed by atoms with E-state index in [9.17, 15) is 0 Å². The Bertz CT molecular complexity index is 905. The third-order valence-electron chi connectivity index (χ3n) is 5.52. The molecule has 2 heteroatoms. The second-order valence-corrected chi connectivity index (χ2v) is 7.20. The lowest BCUT2D eigenvalue weighted by Gasteiger charge is -2.22. The smallest absolute Gasteiger partial charge is 0.198 e. The Morgan fingerprint density at radius 3 is 1.58 bits per heavy atom. The molecule has 0 atom stereocenters. The Morgan fingerprint density at radius 2 is 1.12 bits per heavy atom. The summed E-state index contributed by atoms with van der Waals surface area (Å²) in [5.74, 6) is 0. The summed E-state index contributed by atoms with van der Waals surface area (Å²) in [4.78, 5) is 0. The highest BCUT2D eigenvalue weighted by Crippen LogP contribution is 2.39. The van der Waals surface area contributed by atoms with Crippen molar-refractivity contribution < 1.29 is 9.13 Å². The number of hydrogen-bond donors (Lipinski definition) is 0. The molecule has 0 amide bonds. The molecule has 2 nitrogen and oxygen atoms in total. The molecule has 0 N–H and O–H groups in total. The lowest BCUT2D eigenvalue weighted by atomic mass is 9.84. The molecule has 0 unspecified atom stereocenters. The maximum atomic E-state index is 2.42. The van der Waals surface area contributed by atoms with E-state index in [1.165, 1.54) is 44.8 Å². The molecular weight excluding hydrogens is 292 g/mol. The minimum atomic E-state index is 1.08. The van der Waals surface area contributed by atoms with Crippen LogP contribution in [0.15, 0.2) is 48.8 Å². The normalized spacial score (nSPS) is 14.4. The first-order valence-corrected chi connectivity index (χ1v) is 8.86. The highest BCUT2D eigenvalue weighted by Gasteiger charge is 2.33. The van der Waals surface area contributed by atoms with Crippen LogP contribution in [0.4, 0.5) is 0 Å². The minimum absolute atomic E-state index is 1.08. The molecule has 24 heavy (non-hydrogen) atoms. The van der Waals surface area contributed by atoms with Crippen molar-refractivity contribution in [2.24, 2.45) is 0 Å². The van der Waals surface area contributed by atoms with E-state index in [2.05, 4.69) is 71.8 Å². The third-order valence-corrected chi connectivity index (χ3v) is 5.52. The van der Waals surface area contributed by atoms with Gasteiger partial charge < -0.3 is 0 Å². The van der Waals surface area contributed by atoms with E-state index in [-0.39, 0.29) is 0 Å². The van der Waals surface area contributed by atoms with Gasteiger partial charge in [-0.1, -0.05) is 12.1 Å². The molecule has 4 heterocycles. The number of fused-ring (bicyclic) bond motifs is 7.